The maximum Gasteiger partial charge on any atom is 0.276 e. The summed E-state index contributed by atoms with van der Waals surface area (Å²) < 4.78 is 1.47. The van der Waals surface area contributed by atoms with Crippen LogP contribution in [0.2, 0.25) is 0 Å². The number of non-ortho nitro benzene ring substituents is 1. The van der Waals surface area contributed by atoms with Crippen LogP contribution in [0.5, 0.6) is 0 Å². The quantitative estimate of drug-likeness (QED) is 0.444. The number of aromatic nitrogens is 3. The van der Waals surface area contributed by atoms with Gasteiger partial charge in [0.1, 0.15) is 0 Å². The largest absolute Gasteiger partial charge is 0.335 e. The zero-order valence-corrected chi connectivity index (χ0v) is 17.4. The second-order valence-electron chi connectivity index (χ2n) is 7.18. The van der Waals surface area contributed by atoms with Crippen LogP contribution in [0.15, 0.2) is 41.8 Å². The fraction of sp³-hybridized carbons (Fsp3) is 0.350. The minimum absolute atomic E-state index is 0.0334. The van der Waals surface area contributed by atoms with Crippen molar-refractivity contribution in [3.63, 3.8) is 0 Å². The molecule has 4 rings (SSSR count). The average Bonchev–Trinajstić information content (AvgIpc) is 3.42. The molecule has 1 aliphatic heterocycles. The molecule has 0 bridgehead atoms. The van der Waals surface area contributed by atoms with Crippen molar-refractivity contribution in [2.45, 2.75) is 13.3 Å². The van der Waals surface area contributed by atoms with Crippen LogP contribution in [-0.4, -0.2) is 68.3 Å². The lowest BCUT2D eigenvalue weighted by Gasteiger charge is -2.34. The number of thiophene rings is 1. The van der Waals surface area contributed by atoms with E-state index in [0.29, 0.717) is 24.5 Å². The molecule has 0 spiro atoms. The van der Waals surface area contributed by atoms with Crippen molar-refractivity contribution >= 4 is 22.9 Å². The third kappa shape index (κ3) is 4.24. The highest BCUT2D eigenvalue weighted by Gasteiger charge is 2.26. The van der Waals surface area contributed by atoms with Crippen LogP contribution in [0.1, 0.15) is 21.1 Å². The molecule has 0 atom stereocenters. The first-order valence-electron chi connectivity index (χ1n) is 9.74. The molecule has 0 aliphatic carbocycles. The van der Waals surface area contributed by atoms with Gasteiger partial charge in [0.2, 0.25) is 0 Å². The summed E-state index contributed by atoms with van der Waals surface area (Å²) in [7, 11) is 0. The van der Waals surface area contributed by atoms with Gasteiger partial charge in [-0.25, -0.2) is 4.68 Å². The maximum absolute atomic E-state index is 13.0. The fourth-order valence-electron chi connectivity index (χ4n) is 3.56. The molecular formula is C20H22N6O3S. The van der Waals surface area contributed by atoms with Crippen LogP contribution in [0.25, 0.3) is 5.69 Å². The van der Waals surface area contributed by atoms with Crippen molar-refractivity contribution in [3.8, 4) is 5.69 Å². The van der Waals surface area contributed by atoms with Crippen LogP contribution in [0, 0.1) is 17.0 Å². The van der Waals surface area contributed by atoms with Gasteiger partial charge >= 0.3 is 0 Å². The van der Waals surface area contributed by atoms with E-state index in [2.05, 4.69) is 32.7 Å². The van der Waals surface area contributed by atoms with Crippen LogP contribution >= 0.6 is 11.3 Å². The summed E-state index contributed by atoms with van der Waals surface area (Å²) in [4.78, 5) is 29.1. The van der Waals surface area contributed by atoms with Gasteiger partial charge in [-0.05, 0) is 30.9 Å². The van der Waals surface area contributed by atoms with Crippen LogP contribution in [0.3, 0.4) is 0 Å². The van der Waals surface area contributed by atoms with E-state index in [9.17, 15) is 14.9 Å². The topological polar surface area (TPSA) is 97.4 Å². The molecule has 30 heavy (non-hydrogen) atoms. The van der Waals surface area contributed by atoms with Crippen molar-refractivity contribution < 1.29 is 9.72 Å². The Balaban J connectivity index is 1.40. The number of rotatable bonds is 6. The molecule has 156 valence electrons. The number of carbonyl (C=O) groups is 1. The minimum atomic E-state index is -0.459. The van der Waals surface area contributed by atoms with Gasteiger partial charge in [-0.15, -0.1) is 16.4 Å². The molecule has 0 saturated carbocycles. The zero-order valence-electron chi connectivity index (χ0n) is 16.6. The summed E-state index contributed by atoms with van der Waals surface area (Å²) in [6, 6.07) is 10.3. The third-order valence-electron chi connectivity index (χ3n) is 5.30. The van der Waals surface area contributed by atoms with Gasteiger partial charge in [-0.2, -0.15) is 0 Å². The summed E-state index contributed by atoms with van der Waals surface area (Å²) in [6.45, 7) is 5.69. The Labute approximate surface area is 177 Å². The molecule has 0 N–H and O–H groups in total. The molecule has 9 nitrogen and oxygen atoms in total. The molecule has 1 saturated heterocycles. The molecule has 10 heteroatoms. The summed E-state index contributed by atoms with van der Waals surface area (Å²) in [5, 5.41) is 21.3. The van der Waals surface area contributed by atoms with E-state index < -0.39 is 4.92 Å². The minimum Gasteiger partial charge on any atom is -0.335 e. The summed E-state index contributed by atoms with van der Waals surface area (Å²) >= 11 is 1.77. The molecule has 3 aromatic rings. The van der Waals surface area contributed by atoms with Crippen molar-refractivity contribution in [2.75, 3.05) is 32.7 Å². The highest BCUT2D eigenvalue weighted by atomic mass is 32.1. The normalized spacial score (nSPS) is 14.8. The van der Waals surface area contributed by atoms with Gasteiger partial charge in [0, 0.05) is 49.7 Å². The van der Waals surface area contributed by atoms with E-state index in [-0.39, 0.29) is 17.3 Å². The Morgan fingerprint density at radius 1 is 1.20 bits per heavy atom. The fourth-order valence-corrected chi connectivity index (χ4v) is 4.26. The van der Waals surface area contributed by atoms with Gasteiger partial charge in [-0.1, -0.05) is 17.3 Å². The molecule has 1 aliphatic rings. The number of nitrogens with zero attached hydrogens (tertiary/aromatic N) is 6. The number of carbonyl (C=O) groups excluding carboxylic acids is 1. The lowest BCUT2D eigenvalue weighted by Crippen LogP contribution is -2.49. The van der Waals surface area contributed by atoms with Gasteiger partial charge in [-0.3, -0.25) is 19.8 Å². The predicted molar refractivity (Wildman–Crippen MR) is 113 cm³/mol. The number of benzene rings is 1. The number of piperazine rings is 1. The lowest BCUT2D eigenvalue weighted by atomic mass is 10.2. The molecule has 0 unspecified atom stereocenters. The Morgan fingerprint density at radius 3 is 2.70 bits per heavy atom. The first kappa shape index (κ1) is 20.2. The molecule has 3 heterocycles. The Bertz CT molecular complexity index is 1040. The van der Waals surface area contributed by atoms with E-state index in [4.69, 9.17) is 0 Å². The highest BCUT2D eigenvalue weighted by molar-refractivity contribution is 7.09. The van der Waals surface area contributed by atoms with Crippen molar-refractivity contribution in [2.24, 2.45) is 0 Å². The highest BCUT2D eigenvalue weighted by Crippen LogP contribution is 2.19. The zero-order chi connectivity index (χ0) is 21.1. The Morgan fingerprint density at radius 2 is 2.00 bits per heavy atom. The van der Waals surface area contributed by atoms with Crippen LogP contribution in [-0.2, 0) is 6.42 Å². The summed E-state index contributed by atoms with van der Waals surface area (Å²) in [5.74, 6) is -0.151. The first-order chi connectivity index (χ1) is 14.5. The first-order valence-corrected chi connectivity index (χ1v) is 10.6. The molecule has 0 radical (unpaired) electrons. The second-order valence-corrected chi connectivity index (χ2v) is 8.21. The standard InChI is InChI=1S/C20H22N6O3S/c1-15-19(21-22-25(15)16-4-2-5-17(14-16)26(28)29)20(27)24-11-9-23(10-12-24)8-7-18-6-3-13-30-18/h2-6,13-14H,7-12H2,1H3. The smallest absolute Gasteiger partial charge is 0.276 e. The second kappa shape index (κ2) is 8.72. The van der Waals surface area contributed by atoms with Crippen molar-refractivity contribution in [3.05, 3.63) is 68.2 Å². The van der Waals surface area contributed by atoms with E-state index in [1.165, 1.54) is 21.7 Å². The number of nitro benzene ring substituents is 1. The SMILES string of the molecule is Cc1c(C(=O)N2CCN(CCc3cccs3)CC2)nnn1-c1cccc([N+](=O)[O-])c1. The Hall–Kier alpha value is -3.11. The maximum atomic E-state index is 13.0. The lowest BCUT2D eigenvalue weighted by molar-refractivity contribution is -0.384. The van der Waals surface area contributed by atoms with E-state index in [1.54, 1.807) is 35.3 Å². The summed E-state index contributed by atoms with van der Waals surface area (Å²) in [6.07, 6.45) is 1.03. The van der Waals surface area contributed by atoms with Gasteiger partial charge in [0.05, 0.1) is 16.3 Å². The van der Waals surface area contributed by atoms with Gasteiger partial charge in [0.15, 0.2) is 5.69 Å². The van der Waals surface area contributed by atoms with Gasteiger partial charge in [0.25, 0.3) is 11.6 Å². The summed E-state index contributed by atoms with van der Waals surface area (Å²) in [5.41, 5.74) is 1.33. The van der Waals surface area contributed by atoms with Crippen molar-refractivity contribution in [1.29, 1.82) is 0 Å². The third-order valence-corrected chi connectivity index (χ3v) is 6.23. The molecule has 1 amide bonds. The Kier molecular flexibility index (Phi) is 5.86. The van der Waals surface area contributed by atoms with Gasteiger partial charge < -0.3 is 4.90 Å². The average molecular weight is 427 g/mol. The van der Waals surface area contributed by atoms with Crippen LogP contribution < -0.4 is 0 Å². The number of hydrogen-bond donors (Lipinski definition) is 0. The van der Waals surface area contributed by atoms with E-state index >= 15 is 0 Å². The predicted octanol–water partition coefficient (Wildman–Crippen LogP) is 2.55. The van der Waals surface area contributed by atoms with E-state index in [0.717, 1.165) is 26.1 Å². The number of hydrogen-bond acceptors (Lipinski definition) is 7. The van der Waals surface area contributed by atoms with Crippen molar-refractivity contribution in [1.82, 2.24) is 24.8 Å². The number of amides is 1. The molecular weight excluding hydrogens is 404 g/mol. The molecule has 1 fully saturated rings. The molecule has 2 aromatic heterocycles. The van der Waals surface area contributed by atoms with Crippen LogP contribution in [0.4, 0.5) is 5.69 Å². The molecule has 1 aromatic carbocycles. The number of nitro groups is 1. The monoisotopic (exact) mass is 426 g/mol. The van der Waals surface area contributed by atoms with E-state index in [1.807, 2.05) is 0 Å².